The van der Waals surface area contributed by atoms with E-state index in [2.05, 4.69) is 25.9 Å². The Hall–Kier alpha value is -8.41. The Bertz CT molecular complexity index is 2590. The second-order valence-electron chi connectivity index (χ2n) is 13.6. The van der Waals surface area contributed by atoms with Crippen LogP contribution in [0, 0.1) is 25.4 Å². The molecule has 16 heteroatoms. The fraction of sp³-hybridized carbons (Fsp3) is 0.174. The highest BCUT2D eigenvalue weighted by molar-refractivity contribution is 5.99. The van der Waals surface area contributed by atoms with Gasteiger partial charge in [0.25, 0.3) is 6.26 Å². The third-order valence-electron chi connectivity index (χ3n) is 8.95. The highest BCUT2D eigenvalue weighted by atomic mass is 16.7. The summed E-state index contributed by atoms with van der Waals surface area (Å²) in [6, 6.07) is 30.4. The minimum absolute atomic E-state index is 0.0242. The van der Waals surface area contributed by atoms with E-state index in [4.69, 9.17) is 29.1 Å². The number of aliphatic imine (C=N–C) groups is 1. The molecule has 0 saturated carbocycles. The summed E-state index contributed by atoms with van der Waals surface area (Å²) >= 11 is 0. The Balaban J connectivity index is 1.01. The predicted molar refractivity (Wildman–Crippen MR) is 225 cm³/mol. The smallest absolute Gasteiger partial charge is 0.426 e. The molecule has 5 aromatic carbocycles. The van der Waals surface area contributed by atoms with Gasteiger partial charge in [0.1, 0.15) is 17.2 Å². The molecule has 16 nitrogen and oxygen atoms in total. The van der Waals surface area contributed by atoms with Gasteiger partial charge in [0.15, 0.2) is 0 Å². The summed E-state index contributed by atoms with van der Waals surface area (Å²) in [5.74, 6) is -0.00716. The van der Waals surface area contributed by atoms with Crippen molar-refractivity contribution in [2.75, 3.05) is 0 Å². The number of isocyanates is 1. The van der Waals surface area contributed by atoms with Crippen molar-refractivity contribution in [3.8, 4) is 23.5 Å². The molecule has 314 valence electrons. The quantitative estimate of drug-likeness (QED) is 0.0186. The van der Waals surface area contributed by atoms with Crippen LogP contribution in [0.1, 0.15) is 58.4 Å². The molecule has 0 spiro atoms. The van der Waals surface area contributed by atoms with Gasteiger partial charge in [-0.3, -0.25) is 19.3 Å². The molecule has 62 heavy (non-hydrogen) atoms. The van der Waals surface area contributed by atoms with E-state index in [1.165, 1.54) is 6.08 Å². The normalized spacial score (nSPS) is 11.0. The minimum atomic E-state index is -0.787. The summed E-state index contributed by atoms with van der Waals surface area (Å²) in [6.45, 7) is 7.13. The molecule has 0 aliphatic heterocycles. The summed E-state index contributed by atoms with van der Waals surface area (Å²) in [7, 11) is 0. The number of benzene rings is 5. The molecule has 0 aliphatic rings. The average molecular weight is 837 g/mol. The number of carbonyl (C=O) groups excluding carboxylic acids is 5. The zero-order chi connectivity index (χ0) is 44.4. The van der Waals surface area contributed by atoms with Gasteiger partial charge in [-0.1, -0.05) is 58.8 Å². The molecule has 5 rings (SSSR count). The standard InChI is InChI=1S/C46H40N6O10/c1-29-8-10-33(21-41(29)50-28-53)23-43(54)59-39-16-12-37(13-17-39)31(3)51-61-45(56)48-25-35-6-5-7-36(20-35)26-49-46(57)62-52-32(4)38-14-18-40(19-15-38)60-44(55)24-34-11-9-30(2)42(22-34)58-27-47/h5-22H,23-26H2,1-4H3,(H,48,56)(H,49,57)/b51-31+,52-32+. The lowest BCUT2D eigenvalue weighted by Gasteiger charge is -2.08. The predicted octanol–water partition coefficient (Wildman–Crippen LogP) is 7.73. The summed E-state index contributed by atoms with van der Waals surface area (Å²) in [4.78, 5) is 74.1. The largest absolute Gasteiger partial charge is 0.433 e. The number of esters is 2. The maximum Gasteiger partial charge on any atom is 0.433 e. The van der Waals surface area contributed by atoms with Gasteiger partial charge in [-0.2, -0.15) is 4.99 Å². The number of nitrogens with one attached hydrogen (secondary N) is 2. The lowest BCUT2D eigenvalue weighted by atomic mass is 10.1. The molecule has 0 aliphatic carbocycles. The minimum Gasteiger partial charge on any atom is -0.426 e. The van der Waals surface area contributed by atoms with E-state index in [-0.39, 0.29) is 25.9 Å². The maximum atomic E-state index is 12.5. The van der Waals surface area contributed by atoms with Crippen molar-refractivity contribution < 1.29 is 47.9 Å². The van der Waals surface area contributed by atoms with E-state index >= 15 is 0 Å². The van der Waals surface area contributed by atoms with Crippen LogP contribution in [-0.2, 0) is 50.0 Å². The number of nitrogens with zero attached hydrogens (tertiary/aromatic N) is 4. The van der Waals surface area contributed by atoms with Crippen LogP contribution in [0.5, 0.6) is 17.2 Å². The van der Waals surface area contributed by atoms with E-state index in [0.29, 0.717) is 56.6 Å². The zero-order valence-corrected chi connectivity index (χ0v) is 34.1. The zero-order valence-electron chi connectivity index (χ0n) is 34.1. The van der Waals surface area contributed by atoms with Gasteiger partial charge < -0.3 is 24.8 Å². The van der Waals surface area contributed by atoms with Gasteiger partial charge >= 0.3 is 24.1 Å². The highest BCUT2D eigenvalue weighted by Gasteiger charge is 2.12. The molecule has 0 bridgehead atoms. The second kappa shape index (κ2) is 22.1. The Morgan fingerprint density at radius 3 is 1.58 bits per heavy atom. The van der Waals surface area contributed by atoms with Crippen molar-refractivity contribution in [1.29, 1.82) is 5.26 Å². The number of nitriles is 1. The van der Waals surface area contributed by atoms with E-state index in [9.17, 15) is 24.0 Å². The second-order valence-corrected chi connectivity index (χ2v) is 13.6. The number of rotatable bonds is 16. The van der Waals surface area contributed by atoms with E-state index in [1.807, 2.05) is 0 Å². The van der Waals surface area contributed by atoms with Crippen LogP contribution in [0.15, 0.2) is 124 Å². The molecule has 0 radical (unpaired) electrons. The van der Waals surface area contributed by atoms with Crippen molar-refractivity contribution in [3.63, 3.8) is 0 Å². The van der Waals surface area contributed by atoms with E-state index in [1.54, 1.807) is 143 Å². The third-order valence-corrected chi connectivity index (χ3v) is 8.95. The average Bonchev–Trinajstić information content (AvgIpc) is 3.26. The summed E-state index contributed by atoms with van der Waals surface area (Å²) in [5, 5.41) is 21.8. The van der Waals surface area contributed by atoms with E-state index in [0.717, 1.165) is 22.3 Å². The first-order chi connectivity index (χ1) is 29.9. The Morgan fingerprint density at radius 2 is 1.10 bits per heavy atom. The van der Waals surface area contributed by atoms with Crippen LogP contribution in [0.4, 0.5) is 15.3 Å². The lowest BCUT2D eigenvalue weighted by molar-refractivity contribution is -0.134. The van der Waals surface area contributed by atoms with E-state index < -0.39 is 24.1 Å². The van der Waals surface area contributed by atoms with Crippen LogP contribution < -0.4 is 24.8 Å². The van der Waals surface area contributed by atoms with Gasteiger partial charge in [-0.05, 0) is 133 Å². The Morgan fingerprint density at radius 1 is 0.613 bits per heavy atom. The number of carbonyl (C=O) groups is 4. The summed E-state index contributed by atoms with van der Waals surface area (Å²) in [5.41, 5.74) is 6.77. The fourth-order valence-electron chi connectivity index (χ4n) is 5.63. The molecular weight excluding hydrogens is 797 g/mol. The van der Waals surface area contributed by atoms with Crippen molar-refractivity contribution in [2.24, 2.45) is 15.3 Å². The molecule has 0 saturated heterocycles. The Labute approximate surface area is 356 Å². The lowest BCUT2D eigenvalue weighted by Crippen LogP contribution is -2.24. The number of hydrogen-bond acceptors (Lipinski definition) is 14. The molecular formula is C46H40N6O10. The number of aryl methyl sites for hydroxylation is 2. The highest BCUT2D eigenvalue weighted by Crippen LogP contribution is 2.22. The first kappa shape index (κ1) is 44.7. The van der Waals surface area contributed by atoms with Crippen molar-refractivity contribution in [1.82, 2.24) is 10.6 Å². The topological polar surface area (TPSA) is 216 Å². The molecule has 2 N–H and O–H groups in total. The monoisotopic (exact) mass is 836 g/mol. The molecule has 0 unspecified atom stereocenters. The molecule has 0 fully saturated rings. The SMILES string of the molecule is C/C(=N\OC(=O)NCc1cccc(CNC(=O)O/N=C(\C)c2ccc(OC(=O)Cc3ccc(C)c(OC#N)c3)cc2)c1)c1ccc(OC(=O)Cc2ccc(C)c(N=C=O)c2)cc1. The van der Waals surface area contributed by atoms with Crippen LogP contribution in [-0.4, -0.2) is 41.6 Å². The van der Waals surface area contributed by atoms with Crippen LogP contribution in [0.3, 0.4) is 0 Å². The van der Waals surface area contributed by atoms with Gasteiger partial charge in [0.2, 0.25) is 6.08 Å². The molecule has 2 amide bonds. The third kappa shape index (κ3) is 13.9. The number of oxime groups is 2. The maximum absolute atomic E-state index is 12.5. The first-order valence-corrected chi connectivity index (χ1v) is 18.9. The van der Waals surface area contributed by atoms with Gasteiger partial charge in [-0.15, -0.1) is 5.26 Å². The van der Waals surface area contributed by atoms with Gasteiger partial charge in [0.05, 0.1) is 30.0 Å². The van der Waals surface area contributed by atoms with Crippen molar-refractivity contribution in [2.45, 2.75) is 53.6 Å². The van der Waals surface area contributed by atoms with Crippen molar-refractivity contribution in [3.05, 3.63) is 154 Å². The molecule has 0 atom stereocenters. The number of amides is 2. The first-order valence-electron chi connectivity index (χ1n) is 18.9. The molecule has 0 aromatic heterocycles. The van der Waals surface area contributed by atoms with Crippen LogP contribution in [0.2, 0.25) is 0 Å². The molecule has 0 heterocycles. The number of hydrogen-bond donors (Lipinski definition) is 2. The van der Waals surface area contributed by atoms with Crippen LogP contribution >= 0.6 is 0 Å². The summed E-state index contributed by atoms with van der Waals surface area (Å²) in [6.07, 6.45) is 1.51. The number of ether oxygens (including phenoxy) is 3. The van der Waals surface area contributed by atoms with Gasteiger partial charge in [-0.25, -0.2) is 14.4 Å². The van der Waals surface area contributed by atoms with Crippen LogP contribution in [0.25, 0.3) is 0 Å². The fourth-order valence-corrected chi connectivity index (χ4v) is 5.63. The Kier molecular flexibility index (Phi) is 15.9. The van der Waals surface area contributed by atoms with Gasteiger partial charge in [0, 0.05) is 13.1 Å². The van der Waals surface area contributed by atoms with Crippen molar-refractivity contribution >= 4 is 47.3 Å². The molecule has 5 aromatic rings. The summed E-state index contributed by atoms with van der Waals surface area (Å²) < 4.78 is 15.8.